The maximum atomic E-state index is 13.2. The molecule has 0 unspecified atom stereocenters. The fourth-order valence-electron chi connectivity index (χ4n) is 1.83. The molecule has 1 aliphatic heterocycles. The zero-order chi connectivity index (χ0) is 26.0. The fraction of sp³-hybridized carbons (Fsp3) is 0.667. The molecular weight excluding hydrogens is 362 g/mol. The number of hydrogen-bond acceptors (Lipinski definition) is 7. The van der Waals surface area contributed by atoms with E-state index in [1.54, 1.807) is 0 Å². The van der Waals surface area contributed by atoms with Crippen molar-refractivity contribution in [2.75, 3.05) is 33.2 Å². The maximum Gasteiger partial charge on any atom is 0.252 e. The molecule has 0 saturated carbocycles. The molecule has 1 atom stereocenters. The molecule has 0 radical (unpaired) electrons. The number of ether oxygens (including phenoxy) is 1. The van der Waals surface area contributed by atoms with Crippen molar-refractivity contribution in [1.82, 2.24) is 9.62 Å². The molecule has 132 valence electrons. The van der Waals surface area contributed by atoms with E-state index in [1.165, 1.54) is 0 Å². The van der Waals surface area contributed by atoms with Crippen LogP contribution in [0.25, 0.3) is 0 Å². The zero-order valence-electron chi connectivity index (χ0n) is 21.8. The van der Waals surface area contributed by atoms with Gasteiger partial charge in [-0.15, -0.1) is 11.3 Å². The Morgan fingerprint density at radius 2 is 2.48 bits per heavy atom. The molecule has 23 heavy (non-hydrogen) atoms. The third-order valence-corrected chi connectivity index (χ3v) is 7.46. The number of hydrogen-bond donors (Lipinski definition) is 2. The van der Waals surface area contributed by atoms with Gasteiger partial charge in [-0.3, -0.25) is 0 Å². The van der Waals surface area contributed by atoms with E-state index in [4.69, 9.17) is 18.8 Å². The highest BCUT2D eigenvalue weighted by Gasteiger charge is 2.39. The van der Waals surface area contributed by atoms with E-state index in [-0.39, 0.29) is 15.6 Å². The SMILES string of the molecule is [2H]c1c(S(N)(=O)=O)sc2c1[C@@H](NC([2H])([2H])C([2H])([2H])[2H])C([2H])([2H])N(CCC([2H])([2H])OC)S2(=O)=O. The molecule has 0 aliphatic carbocycles. The largest absolute Gasteiger partial charge is 0.385 e. The number of nitrogens with one attached hydrogen (secondary N) is 1. The summed E-state index contributed by atoms with van der Waals surface area (Å²) in [4.78, 5) is 0. The Balaban J connectivity index is 2.82. The Hall–Kier alpha value is -0.560. The first-order chi connectivity index (χ1) is 14.5. The quantitative estimate of drug-likeness (QED) is 0.677. The van der Waals surface area contributed by atoms with Crippen molar-refractivity contribution in [1.29, 1.82) is 0 Å². The van der Waals surface area contributed by atoms with E-state index in [1.807, 2.05) is 5.32 Å². The van der Waals surface area contributed by atoms with Crippen LogP contribution in [0.4, 0.5) is 0 Å². The third kappa shape index (κ3) is 3.92. The summed E-state index contributed by atoms with van der Waals surface area (Å²) in [6, 6.07) is -3.19. The van der Waals surface area contributed by atoms with E-state index in [9.17, 15) is 16.8 Å². The van der Waals surface area contributed by atoms with Crippen LogP contribution in [0.5, 0.6) is 0 Å². The van der Waals surface area contributed by atoms with Gasteiger partial charge in [-0.2, -0.15) is 4.31 Å². The monoisotopic (exact) mass is 393 g/mol. The van der Waals surface area contributed by atoms with Gasteiger partial charge in [-0.05, 0) is 19.0 Å². The minimum atomic E-state index is -4.90. The van der Waals surface area contributed by atoms with Gasteiger partial charge in [0.15, 0.2) is 0 Å². The van der Waals surface area contributed by atoms with Crippen molar-refractivity contribution in [3.05, 3.63) is 11.6 Å². The summed E-state index contributed by atoms with van der Waals surface area (Å²) in [6.07, 6.45) is -0.683. The van der Waals surface area contributed by atoms with Gasteiger partial charge in [-0.1, -0.05) is 6.85 Å². The standard InChI is InChI=1S/C12H21N3O5S3/c1-3-14-10-8-15(5-4-6-20-2)23(18,19)12-9(10)7-11(21-12)22(13,16)17/h7,10,14H,3-6,8H2,1-2H3,(H2,13,16,17)/t10-/m0/s1/i1D3,3D2,6D2,7D,8D2. The van der Waals surface area contributed by atoms with Crippen LogP contribution >= 0.6 is 11.3 Å². The first kappa shape index (κ1) is 9.22. The summed E-state index contributed by atoms with van der Waals surface area (Å²) < 4.78 is 131. The molecular formula is C12H21N3O5S3. The highest BCUT2D eigenvalue weighted by molar-refractivity contribution is 7.94. The molecule has 0 aromatic carbocycles. The normalized spacial score (nSPS) is 31.7. The van der Waals surface area contributed by atoms with E-state index < -0.39 is 85.5 Å². The molecule has 11 heteroatoms. The van der Waals surface area contributed by atoms with Crippen LogP contribution in [-0.2, 0) is 24.8 Å². The molecule has 3 N–H and O–H groups in total. The molecule has 0 spiro atoms. The summed E-state index contributed by atoms with van der Waals surface area (Å²) in [7, 11) is -8.55. The summed E-state index contributed by atoms with van der Waals surface area (Å²) in [5.74, 6) is 0. The summed E-state index contributed by atoms with van der Waals surface area (Å²) in [6.45, 7) is -13.1. The van der Waals surface area contributed by atoms with Gasteiger partial charge in [0.25, 0.3) is 10.0 Å². The van der Waals surface area contributed by atoms with Gasteiger partial charge in [0.2, 0.25) is 10.0 Å². The van der Waals surface area contributed by atoms with E-state index >= 15 is 0 Å². The van der Waals surface area contributed by atoms with Crippen LogP contribution in [0.3, 0.4) is 0 Å². The third-order valence-electron chi connectivity index (χ3n) is 2.76. The number of fused-ring (bicyclic) bond motifs is 1. The summed E-state index contributed by atoms with van der Waals surface area (Å²) in [5, 5.41) is 6.93. The van der Waals surface area contributed by atoms with Crippen molar-refractivity contribution in [3.63, 3.8) is 0 Å². The minimum Gasteiger partial charge on any atom is -0.385 e. The smallest absolute Gasteiger partial charge is 0.252 e. The molecule has 1 aromatic heterocycles. The van der Waals surface area contributed by atoms with Gasteiger partial charge >= 0.3 is 0 Å². The molecule has 8 nitrogen and oxygen atoms in total. The number of rotatable bonds is 7. The number of nitrogens with zero attached hydrogens (tertiary/aromatic N) is 1. The first-order valence-electron chi connectivity index (χ1n) is 11.0. The molecule has 1 aromatic rings. The number of likely N-dealkylation sites (N-methyl/N-ethyl adjacent to an activating group) is 1. The lowest BCUT2D eigenvalue weighted by molar-refractivity contribution is 0.185. The molecule has 2 rings (SSSR count). The van der Waals surface area contributed by atoms with E-state index in [0.717, 1.165) is 7.11 Å². The van der Waals surface area contributed by atoms with Crippen LogP contribution in [0, 0.1) is 0 Å². The van der Waals surface area contributed by atoms with Crippen molar-refractivity contribution >= 4 is 31.4 Å². The predicted molar refractivity (Wildman–Crippen MR) is 87.4 cm³/mol. The lowest BCUT2D eigenvalue weighted by Gasteiger charge is -2.32. The number of primary sulfonamides is 1. The first-order valence-corrected chi connectivity index (χ1v) is 9.83. The predicted octanol–water partition coefficient (Wildman–Crippen LogP) is 0.0869. The van der Waals surface area contributed by atoms with E-state index in [2.05, 4.69) is 4.74 Å². The Bertz CT molecular complexity index is 1130. The molecule has 0 fully saturated rings. The Morgan fingerprint density at radius 3 is 3.09 bits per heavy atom. The van der Waals surface area contributed by atoms with Gasteiger partial charge in [0.05, 0.1) is 4.11 Å². The van der Waals surface area contributed by atoms with Crippen molar-refractivity contribution < 1.29 is 35.3 Å². The van der Waals surface area contributed by atoms with Crippen molar-refractivity contribution in [3.8, 4) is 0 Å². The number of thiophene rings is 1. The van der Waals surface area contributed by atoms with Crippen molar-refractivity contribution in [2.45, 2.75) is 27.7 Å². The molecule has 1 aliphatic rings. The van der Waals surface area contributed by atoms with Crippen LogP contribution in [0.1, 0.15) is 38.6 Å². The minimum absolute atomic E-state index is 0.0318. The number of methoxy groups -OCH3 is 1. The van der Waals surface area contributed by atoms with Crippen LogP contribution in [-0.4, -0.2) is 54.3 Å². The van der Waals surface area contributed by atoms with Crippen LogP contribution in [0.2, 0.25) is 0 Å². The second-order valence-electron chi connectivity index (χ2n) is 4.27. The molecule has 0 saturated heterocycles. The highest BCUT2D eigenvalue weighted by Crippen LogP contribution is 2.39. The topological polar surface area (TPSA) is 119 Å². The van der Waals surface area contributed by atoms with Crippen LogP contribution in [0.15, 0.2) is 14.5 Å². The van der Waals surface area contributed by atoms with Gasteiger partial charge in [0, 0.05) is 47.9 Å². The average Bonchev–Trinajstić information content (AvgIpc) is 2.95. The summed E-state index contributed by atoms with van der Waals surface area (Å²) in [5.41, 5.74) is -0.798. The maximum absolute atomic E-state index is 13.2. The van der Waals surface area contributed by atoms with Gasteiger partial charge in [-0.25, -0.2) is 22.0 Å². The van der Waals surface area contributed by atoms with E-state index in [0.29, 0.717) is 0 Å². The molecule has 2 heterocycles. The molecule has 0 bridgehead atoms. The van der Waals surface area contributed by atoms with Gasteiger partial charge < -0.3 is 10.1 Å². The van der Waals surface area contributed by atoms with Crippen LogP contribution < -0.4 is 10.5 Å². The molecule has 0 amide bonds. The number of sulfonamides is 2. The summed E-state index contributed by atoms with van der Waals surface area (Å²) >= 11 is 0.0318. The zero-order valence-corrected chi connectivity index (χ0v) is 14.2. The van der Waals surface area contributed by atoms with Gasteiger partial charge in [0.1, 0.15) is 8.42 Å². The Labute approximate surface area is 154 Å². The number of nitrogens with two attached hydrogens (primary N) is 1. The Morgan fingerprint density at radius 1 is 1.74 bits per heavy atom. The second-order valence-corrected chi connectivity index (χ2v) is 9.10. The average molecular weight is 394 g/mol. The van der Waals surface area contributed by atoms with Crippen molar-refractivity contribution in [2.24, 2.45) is 5.14 Å². The fourth-order valence-corrected chi connectivity index (χ4v) is 5.72. The Kier molecular flexibility index (Phi) is 2.86. The lowest BCUT2D eigenvalue weighted by Crippen LogP contribution is -2.43. The lowest BCUT2D eigenvalue weighted by atomic mass is 10.1. The second kappa shape index (κ2) is 7.13. The highest BCUT2D eigenvalue weighted by atomic mass is 32.3.